The standard InChI is InChI=1S/C35H24F6N2O4.C32H21F3N2O4.C30H25F3N2O2/c1-17-5-9-22(18(2)13-17)23-12-8-21(16-28(23)34(36,37)38)43-31(46)25-11-7-20(15-27(25)32(43)47)33(3,35(39,40)41)19-6-10-24-26(14-19)30(45)42(4)29(24)44;1-16-4-8-21(17(2)12-16)22-11-7-20(15-27(22)32(33,34)35)37-30(40)24-10-6-19(14-26(24)31(37)41)18-5-9-23-25(13-18)29(39)36(3)28(23)38;1-18-4-14-25(19(2)16-18)26-15-13-24(17-27(26)30(31,32)33)35-29(37)23-11-7-21(8-12-23)20-5-9-22(10-6-20)28(36)34-3/h5-16H,1-4H3;4-15H,1-3H3;4-17H,1-3H3,(H,34,36)(H,35,37). The number of carbonyl (C=O) groups excluding carboxylic acids is 10. The van der Waals surface area contributed by atoms with Gasteiger partial charge in [0.05, 0.1) is 72.6 Å². The summed E-state index contributed by atoms with van der Waals surface area (Å²) in [5, 5.41) is 5.14. The molecule has 0 saturated carbocycles. The maximum Gasteiger partial charge on any atom is 0.417 e. The number of hydrogen-bond acceptors (Lipinski definition) is 10. The van der Waals surface area contributed by atoms with E-state index in [2.05, 4.69) is 10.6 Å². The van der Waals surface area contributed by atoms with E-state index in [9.17, 15) is 101 Å². The van der Waals surface area contributed by atoms with Crippen LogP contribution in [0.2, 0.25) is 0 Å². The first-order valence-corrected chi connectivity index (χ1v) is 38.5. The predicted molar refractivity (Wildman–Crippen MR) is 445 cm³/mol. The molecule has 12 aromatic carbocycles. The quantitative estimate of drug-likeness (QED) is 0.0873. The van der Waals surface area contributed by atoms with Gasteiger partial charge in [-0.05, 0) is 241 Å². The second-order valence-corrected chi connectivity index (χ2v) is 30.8. The Bertz CT molecular complexity index is 6630. The molecule has 0 saturated heterocycles. The largest absolute Gasteiger partial charge is 0.417 e. The Balaban J connectivity index is 0.000000154. The fraction of sp³-hybridized carbons (Fsp3) is 0.155. The van der Waals surface area contributed by atoms with Crippen LogP contribution in [0, 0.1) is 41.5 Å². The second kappa shape index (κ2) is 32.3. The number of fused-ring (bicyclic) bond motifs is 4. The molecule has 0 fully saturated rings. The van der Waals surface area contributed by atoms with E-state index in [0.717, 1.165) is 110 Å². The van der Waals surface area contributed by atoms with Crippen LogP contribution < -0.4 is 20.4 Å². The molecule has 28 heteroatoms. The first-order valence-electron chi connectivity index (χ1n) is 38.5. The molecule has 1 unspecified atom stereocenters. The summed E-state index contributed by atoms with van der Waals surface area (Å²) in [6.07, 6.45) is -19.2. The number of nitrogens with one attached hydrogen (secondary N) is 2. The molecule has 0 bridgehead atoms. The molecule has 4 aliphatic rings. The summed E-state index contributed by atoms with van der Waals surface area (Å²) in [6.45, 7) is 11.5. The van der Waals surface area contributed by atoms with Crippen molar-refractivity contribution in [1.82, 2.24) is 15.1 Å². The summed E-state index contributed by atoms with van der Waals surface area (Å²) >= 11 is 0. The van der Waals surface area contributed by atoms with Gasteiger partial charge in [-0.15, -0.1) is 0 Å². The minimum absolute atomic E-state index is 0.0273. The first-order chi connectivity index (χ1) is 58.8. The Labute approximate surface area is 706 Å². The number of carbonyl (C=O) groups is 10. The summed E-state index contributed by atoms with van der Waals surface area (Å²) in [7, 11) is 4.15. The van der Waals surface area contributed by atoms with Gasteiger partial charge in [0.25, 0.3) is 59.1 Å². The Hall–Kier alpha value is -14.7. The van der Waals surface area contributed by atoms with Crippen molar-refractivity contribution in [2.45, 2.75) is 78.6 Å². The highest BCUT2D eigenvalue weighted by Crippen LogP contribution is 2.50. The fourth-order valence-electron chi connectivity index (χ4n) is 15.8. The molecule has 632 valence electrons. The highest BCUT2D eigenvalue weighted by atomic mass is 19.4. The van der Waals surface area contributed by atoms with Gasteiger partial charge >= 0.3 is 24.7 Å². The van der Waals surface area contributed by atoms with Crippen LogP contribution in [0.1, 0.15) is 172 Å². The molecular weight excluding hydrogens is 1640 g/mol. The number of alkyl halides is 12. The minimum atomic E-state index is -5.00. The molecule has 10 amide bonds. The predicted octanol–water partition coefficient (Wildman–Crippen LogP) is 21.8. The summed E-state index contributed by atoms with van der Waals surface area (Å²) in [5.74, 6) is -6.59. The van der Waals surface area contributed by atoms with Crippen molar-refractivity contribution in [2.75, 3.05) is 36.3 Å². The topological polar surface area (TPSA) is 208 Å². The van der Waals surface area contributed by atoms with Gasteiger partial charge in [-0.2, -0.15) is 52.7 Å². The Morgan fingerprint density at radius 1 is 0.288 bits per heavy atom. The number of hydrogen-bond donors (Lipinski definition) is 2. The number of halogens is 12. The average Bonchev–Trinajstić information content (AvgIpc) is 1.69. The van der Waals surface area contributed by atoms with E-state index in [-0.39, 0.29) is 72.9 Å². The van der Waals surface area contributed by atoms with E-state index in [4.69, 9.17) is 0 Å². The van der Waals surface area contributed by atoms with Crippen molar-refractivity contribution >= 4 is 76.1 Å². The molecule has 125 heavy (non-hydrogen) atoms. The molecule has 12 aromatic rings. The van der Waals surface area contributed by atoms with Crippen molar-refractivity contribution in [3.05, 3.63) is 347 Å². The molecular formula is C97H70F12N6O10. The number of rotatable bonds is 12. The van der Waals surface area contributed by atoms with Gasteiger partial charge in [-0.25, -0.2) is 9.80 Å². The van der Waals surface area contributed by atoms with Gasteiger partial charge in [-0.3, -0.25) is 57.7 Å². The second-order valence-electron chi connectivity index (χ2n) is 30.8. The van der Waals surface area contributed by atoms with Crippen LogP contribution in [0.25, 0.3) is 55.6 Å². The zero-order valence-corrected chi connectivity index (χ0v) is 67.8. The molecule has 0 aliphatic carbocycles. The lowest BCUT2D eigenvalue weighted by molar-refractivity contribution is -0.173. The van der Waals surface area contributed by atoms with E-state index in [1.54, 1.807) is 150 Å². The lowest BCUT2D eigenvalue weighted by Crippen LogP contribution is -2.41. The van der Waals surface area contributed by atoms with Gasteiger partial charge in [0.2, 0.25) is 0 Å². The summed E-state index contributed by atoms with van der Waals surface area (Å²) in [4.78, 5) is 131. The first kappa shape index (κ1) is 86.7. The maximum absolute atomic E-state index is 14.9. The molecule has 0 aromatic heterocycles. The van der Waals surface area contributed by atoms with E-state index in [1.807, 2.05) is 19.9 Å². The Kier molecular flexibility index (Phi) is 22.4. The molecule has 4 heterocycles. The third-order valence-electron chi connectivity index (χ3n) is 22.6. The lowest BCUT2D eigenvalue weighted by atomic mass is 9.74. The summed E-state index contributed by atoms with van der Waals surface area (Å²) in [6, 6.07) is 54.7. The summed E-state index contributed by atoms with van der Waals surface area (Å²) in [5.41, 5.74) is 1.83. The van der Waals surface area contributed by atoms with Gasteiger partial charge < -0.3 is 10.6 Å². The van der Waals surface area contributed by atoms with Crippen molar-refractivity contribution in [3.8, 4) is 55.6 Å². The number of anilines is 3. The van der Waals surface area contributed by atoms with Gasteiger partial charge in [0, 0.05) is 38.0 Å². The van der Waals surface area contributed by atoms with E-state index >= 15 is 0 Å². The molecule has 4 aliphatic heterocycles. The number of amides is 10. The molecule has 0 radical (unpaired) electrons. The van der Waals surface area contributed by atoms with Gasteiger partial charge in [0.1, 0.15) is 5.41 Å². The third-order valence-corrected chi connectivity index (χ3v) is 22.6. The minimum Gasteiger partial charge on any atom is -0.355 e. The fourth-order valence-corrected chi connectivity index (χ4v) is 15.8. The van der Waals surface area contributed by atoms with Crippen LogP contribution in [0.15, 0.2) is 231 Å². The van der Waals surface area contributed by atoms with Crippen molar-refractivity contribution in [2.24, 2.45) is 0 Å². The van der Waals surface area contributed by atoms with Crippen LogP contribution in [-0.2, 0) is 23.9 Å². The monoisotopic (exact) mass is 1710 g/mol. The molecule has 2 N–H and O–H groups in total. The Morgan fingerprint density at radius 3 is 0.936 bits per heavy atom. The number of benzene rings is 12. The summed E-state index contributed by atoms with van der Waals surface area (Å²) < 4.78 is 172. The van der Waals surface area contributed by atoms with E-state index < -0.39 is 122 Å². The van der Waals surface area contributed by atoms with Crippen LogP contribution in [-0.4, -0.2) is 96.2 Å². The van der Waals surface area contributed by atoms with Crippen molar-refractivity contribution in [1.29, 1.82) is 0 Å². The highest BCUT2D eigenvalue weighted by Gasteiger charge is 2.55. The number of imide groups is 4. The third kappa shape index (κ3) is 16.0. The smallest absolute Gasteiger partial charge is 0.355 e. The number of nitrogens with zero attached hydrogens (tertiary/aromatic N) is 4. The molecule has 0 spiro atoms. The van der Waals surface area contributed by atoms with Crippen molar-refractivity contribution in [3.63, 3.8) is 0 Å². The molecule has 16 rings (SSSR count). The van der Waals surface area contributed by atoms with Crippen LogP contribution >= 0.6 is 0 Å². The van der Waals surface area contributed by atoms with E-state index in [1.165, 1.54) is 62.6 Å². The van der Waals surface area contributed by atoms with Crippen LogP contribution in [0.4, 0.5) is 69.7 Å². The SMILES string of the molecule is CNC(=O)c1ccc(-c2ccc(C(=O)Nc3ccc(-c4ccc(C)cc4C)c(C(F)(F)F)c3)cc2)cc1.Cc1ccc(-c2ccc(N3C(=O)c4ccc(-c5ccc6c(c5)C(=O)N(C)C6=O)cc4C3=O)cc2C(F)(F)F)c(C)c1.Cc1ccc(-c2ccc(N3C(=O)c4ccc(C(C)(c5ccc6c(c5)C(=O)N(C)C6=O)C(F)(F)F)cc4C3=O)cc2C(F)(F)F)c(C)c1. The van der Waals surface area contributed by atoms with Gasteiger partial charge in [-0.1, -0.05) is 138 Å². The maximum atomic E-state index is 14.9. The zero-order chi connectivity index (χ0) is 90.5. The zero-order valence-electron chi connectivity index (χ0n) is 67.8. The lowest BCUT2D eigenvalue weighted by Gasteiger charge is -2.33. The Morgan fingerprint density at radius 2 is 0.576 bits per heavy atom. The van der Waals surface area contributed by atoms with Gasteiger partial charge in [0.15, 0.2) is 0 Å². The highest BCUT2D eigenvalue weighted by molar-refractivity contribution is 6.36. The number of aryl methyl sites for hydroxylation is 6. The van der Waals surface area contributed by atoms with E-state index in [0.29, 0.717) is 61.0 Å². The van der Waals surface area contributed by atoms with Crippen LogP contribution in [0.3, 0.4) is 0 Å². The average molecular weight is 1710 g/mol. The molecule has 1 atom stereocenters. The van der Waals surface area contributed by atoms with Crippen LogP contribution in [0.5, 0.6) is 0 Å². The normalized spacial score (nSPS) is 14.2. The molecule has 16 nitrogen and oxygen atoms in total. The van der Waals surface area contributed by atoms with Crippen molar-refractivity contribution < 1.29 is 101 Å².